The predicted octanol–water partition coefficient (Wildman–Crippen LogP) is 4.19. The van der Waals surface area contributed by atoms with Crippen LogP contribution in [0.2, 0.25) is 0 Å². The maximum Gasteiger partial charge on any atom is 0.248 e. The van der Waals surface area contributed by atoms with Crippen LogP contribution in [0.1, 0.15) is 43.7 Å². The first-order valence-electron chi connectivity index (χ1n) is 6.98. The third-order valence-corrected chi connectivity index (χ3v) is 3.98. The Kier molecular flexibility index (Phi) is 4.33. The van der Waals surface area contributed by atoms with Gasteiger partial charge in [0.25, 0.3) is 0 Å². The highest BCUT2D eigenvalue weighted by Gasteiger charge is 2.37. The molecule has 2 rings (SSSR count). The summed E-state index contributed by atoms with van der Waals surface area (Å²) in [4.78, 5) is 12.1. The quantitative estimate of drug-likeness (QED) is 0.798. The zero-order valence-electron chi connectivity index (χ0n) is 11.3. The van der Waals surface area contributed by atoms with Gasteiger partial charge in [-0.05, 0) is 30.4 Å². The fourth-order valence-corrected chi connectivity index (χ4v) is 2.60. The molecule has 0 heterocycles. The first-order chi connectivity index (χ1) is 9.00. The van der Waals surface area contributed by atoms with Crippen molar-refractivity contribution in [1.82, 2.24) is 0 Å². The van der Waals surface area contributed by atoms with Gasteiger partial charge in [-0.3, -0.25) is 4.79 Å². The van der Waals surface area contributed by atoms with Gasteiger partial charge >= 0.3 is 0 Å². The molecule has 19 heavy (non-hydrogen) atoms. The number of carbonyl (C=O) groups excluding carboxylic acids is 1. The Bertz CT molecular complexity index is 427. The Morgan fingerprint density at radius 2 is 1.68 bits per heavy atom. The fraction of sp³-hybridized carbons (Fsp3) is 0.562. The van der Waals surface area contributed by atoms with Crippen molar-refractivity contribution in [2.24, 2.45) is 5.92 Å². The van der Waals surface area contributed by atoms with Crippen molar-refractivity contribution in [2.75, 3.05) is 0 Å². The number of hydrogen-bond acceptors (Lipinski definition) is 1. The fourth-order valence-electron chi connectivity index (χ4n) is 2.60. The van der Waals surface area contributed by atoms with Crippen LogP contribution >= 0.6 is 0 Å². The van der Waals surface area contributed by atoms with Gasteiger partial charge in [0, 0.05) is 25.2 Å². The molecule has 1 saturated carbocycles. The lowest BCUT2D eigenvalue weighted by Gasteiger charge is -2.27. The van der Waals surface area contributed by atoms with Gasteiger partial charge in [-0.1, -0.05) is 31.2 Å². The molecule has 1 aromatic carbocycles. The Morgan fingerprint density at radius 1 is 1.16 bits per heavy atom. The molecule has 0 unspecified atom stereocenters. The summed E-state index contributed by atoms with van der Waals surface area (Å²) >= 11 is 0. The number of rotatable bonds is 4. The summed E-state index contributed by atoms with van der Waals surface area (Å²) in [5, 5.41) is 0. The second-order valence-electron chi connectivity index (χ2n) is 5.44. The summed E-state index contributed by atoms with van der Waals surface area (Å²) in [5.74, 6) is -2.62. The number of carbonyl (C=O) groups is 1. The van der Waals surface area contributed by atoms with Crippen LogP contribution in [0, 0.1) is 5.92 Å². The van der Waals surface area contributed by atoms with E-state index in [9.17, 15) is 13.6 Å². The maximum atomic E-state index is 13.0. The van der Waals surface area contributed by atoms with E-state index >= 15 is 0 Å². The maximum absolute atomic E-state index is 13.0. The van der Waals surface area contributed by atoms with E-state index in [0.29, 0.717) is 19.3 Å². The van der Waals surface area contributed by atoms with E-state index < -0.39 is 5.92 Å². The van der Waals surface area contributed by atoms with Gasteiger partial charge in [-0.2, -0.15) is 0 Å². The van der Waals surface area contributed by atoms with Crippen molar-refractivity contribution >= 4 is 5.78 Å². The smallest absolute Gasteiger partial charge is 0.248 e. The molecule has 1 fully saturated rings. The Labute approximate surface area is 113 Å². The minimum Gasteiger partial charge on any atom is -0.299 e. The van der Waals surface area contributed by atoms with E-state index in [4.69, 9.17) is 0 Å². The van der Waals surface area contributed by atoms with Gasteiger partial charge in [-0.25, -0.2) is 8.78 Å². The number of ketones is 1. The van der Waals surface area contributed by atoms with Crippen molar-refractivity contribution in [3.05, 3.63) is 35.4 Å². The topological polar surface area (TPSA) is 17.1 Å². The third kappa shape index (κ3) is 3.85. The standard InChI is InChI=1S/C16H20F2O/c1-2-12-3-5-13(6-4-12)11-15(19)14-7-9-16(17,18)10-8-14/h3-6,14H,2,7-11H2,1H3. The predicted molar refractivity (Wildman–Crippen MR) is 71.4 cm³/mol. The minimum atomic E-state index is -2.56. The Balaban J connectivity index is 1.90. The second-order valence-corrected chi connectivity index (χ2v) is 5.44. The monoisotopic (exact) mass is 266 g/mol. The van der Waals surface area contributed by atoms with Crippen molar-refractivity contribution in [3.8, 4) is 0 Å². The summed E-state index contributed by atoms with van der Waals surface area (Å²) in [5.41, 5.74) is 2.23. The van der Waals surface area contributed by atoms with E-state index in [2.05, 4.69) is 6.92 Å². The molecule has 1 aliphatic rings. The molecule has 3 heteroatoms. The summed E-state index contributed by atoms with van der Waals surface area (Å²) in [6, 6.07) is 7.98. The zero-order chi connectivity index (χ0) is 13.9. The van der Waals surface area contributed by atoms with Crippen LogP contribution in [0.25, 0.3) is 0 Å². The molecule has 0 amide bonds. The number of benzene rings is 1. The summed E-state index contributed by atoms with van der Waals surface area (Å²) in [6.07, 6.45) is 1.74. The normalized spacial score (nSPS) is 19.3. The van der Waals surface area contributed by atoms with Gasteiger partial charge in [0.1, 0.15) is 5.78 Å². The highest BCUT2D eigenvalue weighted by atomic mass is 19.3. The molecule has 0 aromatic heterocycles. The molecule has 1 aliphatic carbocycles. The summed E-state index contributed by atoms with van der Waals surface area (Å²) < 4.78 is 26.1. The van der Waals surface area contributed by atoms with Crippen LogP contribution in [0.4, 0.5) is 8.78 Å². The summed E-state index contributed by atoms with van der Waals surface area (Å²) in [7, 11) is 0. The van der Waals surface area contributed by atoms with Crippen LogP contribution in [-0.4, -0.2) is 11.7 Å². The van der Waals surface area contributed by atoms with Gasteiger partial charge in [0.2, 0.25) is 5.92 Å². The van der Waals surface area contributed by atoms with Crippen molar-refractivity contribution in [3.63, 3.8) is 0 Å². The van der Waals surface area contributed by atoms with Crippen LogP contribution in [0.15, 0.2) is 24.3 Å². The van der Waals surface area contributed by atoms with Gasteiger partial charge in [-0.15, -0.1) is 0 Å². The number of alkyl halides is 2. The lowest BCUT2D eigenvalue weighted by molar-refractivity contribution is -0.126. The third-order valence-electron chi connectivity index (χ3n) is 3.98. The SMILES string of the molecule is CCc1ccc(CC(=O)C2CCC(F)(F)CC2)cc1. The molecule has 1 aromatic rings. The molecular weight excluding hydrogens is 246 g/mol. The molecule has 0 bridgehead atoms. The lowest BCUT2D eigenvalue weighted by atomic mass is 9.82. The molecule has 1 nitrogen and oxygen atoms in total. The summed E-state index contributed by atoms with van der Waals surface area (Å²) in [6.45, 7) is 2.09. The highest BCUT2D eigenvalue weighted by molar-refractivity contribution is 5.83. The Hall–Kier alpha value is -1.25. The molecule has 0 N–H and O–H groups in total. The van der Waals surface area contributed by atoms with Crippen LogP contribution in [0.5, 0.6) is 0 Å². The number of hydrogen-bond donors (Lipinski definition) is 0. The molecule has 0 saturated heterocycles. The molecule has 0 radical (unpaired) electrons. The molecular formula is C16H20F2O. The van der Waals surface area contributed by atoms with Gasteiger partial charge in [0.15, 0.2) is 0 Å². The number of halogens is 2. The van der Waals surface area contributed by atoms with E-state index in [0.717, 1.165) is 12.0 Å². The molecule has 0 spiro atoms. The number of Topliss-reactive ketones (excluding diaryl/α,β-unsaturated/α-hetero) is 1. The average molecular weight is 266 g/mol. The van der Waals surface area contributed by atoms with E-state index in [1.54, 1.807) is 0 Å². The van der Waals surface area contributed by atoms with Crippen molar-refractivity contribution in [1.29, 1.82) is 0 Å². The van der Waals surface area contributed by atoms with Gasteiger partial charge in [0.05, 0.1) is 0 Å². The second kappa shape index (κ2) is 5.81. The first-order valence-corrected chi connectivity index (χ1v) is 6.98. The van der Waals surface area contributed by atoms with Crippen LogP contribution in [0.3, 0.4) is 0 Å². The van der Waals surface area contributed by atoms with Crippen LogP contribution in [-0.2, 0) is 17.6 Å². The minimum absolute atomic E-state index is 0.111. The average Bonchev–Trinajstić information content (AvgIpc) is 2.39. The molecule has 104 valence electrons. The van der Waals surface area contributed by atoms with Crippen LogP contribution < -0.4 is 0 Å². The van der Waals surface area contributed by atoms with Gasteiger partial charge < -0.3 is 0 Å². The van der Waals surface area contributed by atoms with E-state index in [-0.39, 0.29) is 24.5 Å². The number of aryl methyl sites for hydroxylation is 1. The van der Waals surface area contributed by atoms with Crippen molar-refractivity contribution in [2.45, 2.75) is 51.4 Å². The van der Waals surface area contributed by atoms with Crippen molar-refractivity contribution < 1.29 is 13.6 Å². The van der Waals surface area contributed by atoms with E-state index in [1.807, 2.05) is 24.3 Å². The largest absolute Gasteiger partial charge is 0.299 e. The zero-order valence-corrected chi connectivity index (χ0v) is 11.3. The molecule has 0 aliphatic heterocycles. The lowest BCUT2D eigenvalue weighted by Crippen LogP contribution is -2.29. The Morgan fingerprint density at radius 3 is 2.21 bits per heavy atom. The molecule has 0 atom stereocenters. The first kappa shape index (κ1) is 14.2. The van der Waals surface area contributed by atoms with E-state index in [1.165, 1.54) is 5.56 Å². The highest BCUT2D eigenvalue weighted by Crippen LogP contribution is 2.36.